The number of aromatic nitrogens is 2. The van der Waals surface area contributed by atoms with E-state index in [9.17, 15) is 8.42 Å². The smallest absolute Gasteiger partial charge is 0.263 e. The predicted molar refractivity (Wildman–Crippen MR) is 110 cm³/mol. The first kappa shape index (κ1) is 20.1. The molecule has 0 aliphatic rings. The number of sulfonamides is 1. The molecule has 0 saturated heterocycles. The lowest BCUT2D eigenvalue weighted by Crippen LogP contribution is -2.14. The number of aliphatic imine (C=N–C) groups is 1. The fourth-order valence-electron chi connectivity index (χ4n) is 2.14. The first-order valence-electron chi connectivity index (χ1n) is 7.87. The first-order valence-corrected chi connectivity index (χ1v) is 10.1. The molecule has 2 aromatic carbocycles. The molecule has 1 N–H and O–H groups in total. The van der Waals surface area contributed by atoms with Crippen LogP contribution in [-0.4, -0.2) is 31.9 Å². The van der Waals surface area contributed by atoms with Crippen LogP contribution in [0.1, 0.15) is 5.56 Å². The molecule has 0 atom stereocenters. The molecule has 144 valence electrons. The lowest BCUT2D eigenvalue weighted by atomic mass is 10.2. The maximum absolute atomic E-state index is 12.4. The van der Waals surface area contributed by atoms with Crippen molar-refractivity contribution in [3.63, 3.8) is 0 Å². The summed E-state index contributed by atoms with van der Waals surface area (Å²) in [5, 5.41) is 8.47. The summed E-state index contributed by atoms with van der Waals surface area (Å²) in [4.78, 5) is 4.35. The Bertz CT molecular complexity index is 1100. The molecular formula is C18H14Cl2N4O3S. The summed E-state index contributed by atoms with van der Waals surface area (Å²) in [7, 11) is -2.37. The zero-order chi connectivity index (χ0) is 20.1. The van der Waals surface area contributed by atoms with Crippen molar-refractivity contribution in [3.05, 3.63) is 70.2 Å². The van der Waals surface area contributed by atoms with Gasteiger partial charge in [-0.1, -0.05) is 29.3 Å². The SMILES string of the molecule is COc1ccc(NS(=O)(=O)c2ccc(N=Cc3ccc(Cl)cc3Cl)cc2)nn1. The van der Waals surface area contributed by atoms with E-state index in [1.807, 2.05) is 0 Å². The summed E-state index contributed by atoms with van der Waals surface area (Å²) in [6, 6.07) is 14.1. The van der Waals surface area contributed by atoms with Gasteiger partial charge < -0.3 is 4.74 Å². The van der Waals surface area contributed by atoms with E-state index in [-0.39, 0.29) is 16.6 Å². The molecule has 0 fully saturated rings. The largest absolute Gasteiger partial charge is 0.480 e. The lowest BCUT2D eigenvalue weighted by Gasteiger charge is -2.07. The maximum atomic E-state index is 12.4. The van der Waals surface area contributed by atoms with E-state index in [1.54, 1.807) is 36.5 Å². The molecule has 3 rings (SSSR count). The summed E-state index contributed by atoms with van der Waals surface area (Å²) >= 11 is 12.0. The minimum Gasteiger partial charge on any atom is -0.480 e. The van der Waals surface area contributed by atoms with Gasteiger partial charge in [0.15, 0.2) is 5.82 Å². The number of halogens is 2. The van der Waals surface area contributed by atoms with Gasteiger partial charge in [0.2, 0.25) is 5.88 Å². The van der Waals surface area contributed by atoms with E-state index >= 15 is 0 Å². The van der Waals surface area contributed by atoms with Gasteiger partial charge in [-0.2, -0.15) is 0 Å². The Morgan fingerprint density at radius 1 is 1.04 bits per heavy atom. The molecule has 28 heavy (non-hydrogen) atoms. The van der Waals surface area contributed by atoms with Crippen molar-refractivity contribution in [1.82, 2.24) is 10.2 Å². The maximum Gasteiger partial charge on any atom is 0.263 e. The third-order valence-electron chi connectivity index (χ3n) is 3.55. The van der Waals surface area contributed by atoms with Crippen molar-refractivity contribution in [2.24, 2.45) is 4.99 Å². The number of hydrogen-bond donors (Lipinski definition) is 1. The minimum absolute atomic E-state index is 0.0635. The van der Waals surface area contributed by atoms with Crippen molar-refractivity contribution >= 4 is 50.9 Å². The van der Waals surface area contributed by atoms with Crippen molar-refractivity contribution in [3.8, 4) is 5.88 Å². The van der Waals surface area contributed by atoms with E-state index in [0.29, 0.717) is 21.3 Å². The molecule has 0 saturated carbocycles. The van der Waals surface area contributed by atoms with E-state index in [1.165, 1.54) is 31.4 Å². The fourth-order valence-corrected chi connectivity index (χ4v) is 3.60. The standard InChI is InChI=1S/C18H14Cl2N4O3S/c1-27-18-9-8-17(22-23-18)24-28(25,26)15-6-4-14(5-7-15)21-11-12-2-3-13(19)10-16(12)20/h2-11H,1H3,(H,22,24). The van der Waals surface area contributed by atoms with Crippen molar-refractivity contribution in [1.29, 1.82) is 0 Å². The second kappa shape index (κ2) is 8.55. The molecule has 0 aliphatic carbocycles. The normalized spacial score (nSPS) is 11.5. The molecule has 7 nitrogen and oxygen atoms in total. The van der Waals surface area contributed by atoms with Gasteiger partial charge in [0.25, 0.3) is 10.0 Å². The average molecular weight is 437 g/mol. The Hall–Kier alpha value is -2.68. The van der Waals surface area contributed by atoms with Crippen LogP contribution in [0.4, 0.5) is 11.5 Å². The van der Waals surface area contributed by atoms with Crippen LogP contribution in [0.15, 0.2) is 64.5 Å². The molecule has 0 bridgehead atoms. The van der Waals surface area contributed by atoms with Crippen LogP contribution in [0, 0.1) is 0 Å². The zero-order valence-corrected chi connectivity index (χ0v) is 16.8. The van der Waals surface area contributed by atoms with E-state index in [2.05, 4.69) is 19.9 Å². The highest BCUT2D eigenvalue weighted by Crippen LogP contribution is 2.22. The van der Waals surface area contributed by atoms with Gasteiger partial charge in [0.05, 0.1) is 22.7 Å². The van der Waals surface area contributed by atoms with Crippen LogP contribution in [0.3, 0.4) is 0 Å². The molecule has 3 aromatic rings. The van der Waals surface area contributed by atoms with Gasteiger partial charge in [-0.05, 0) is 42.5 Å². The quantitative estimate of drug-likeness (QED) is 0.579. The minimum atomic E-state index is -3.81. The summed E-state index contributed by atoms with van der Waals surface area (Å²) in [5.74, 6) is 0.367. The molecule has 0 amide bonds. The van der Waals surface area contributed by atoms with Gasteiger partial charge in [-0.15, -0.1) is 10.2 Å². The Balaban J connectivity index is 1.74. The van der Waals surface area contributed by atoms with E-state index < -0.39 is 10.0 Å². The van der Waals surface area contributed by atoms with Crippen molar-refractivity contribution in [2.75, 3.05) is 11.8 Å². The van der Waals surface area contributed by atoms with E-state index in [4.69, 9.17) is 27.9 Å². The number of benzene rings is 2. The van der Waals surface area contributed by atoms with Crippen LogP contribution < -0.4 is 9.46 Å². The molecule has 0 radical (unpaired) electrons. The second-order valence-electron chi connectivity index (χ2n) is 5.48. The van der Waals surface area contributed by atoms with Gasteiger partial charge in [0.1, 0.15) is 0 Å². The monoisotopic (exact) mass is 436 g/mol. The van der Waals surface area contributed by atoms with Crippen LogP contribution >= 0.6 is 23.2 Å². The Morgan fingerprint density at radius 3 is 2.39 bits per heavy atom. The second-order valence-corrected chi connectivity index (χ2v) is 8.01. The van der Waals surface area contributed by atoms with Gasteiger partial charge in [-0.25, -0.2) is 8.42 Å². The van der Waals surface area contributed by atoms with Crippen LogP contribution in [0.2, 0.25) is 10.0 Å². The number of hydrogen-bond acceptors (Lipinski definition) is 6. The summed E-state index contributed by atoms with van der Waals surface area (Å²) in [6.07, 6.45) is 1.58. The average Bonchev–Trinajstić information content (AvgIpc) is 2.68. The lowest BCUT2D eigenvalue weighted by molar-refractivity contribution is 0.392. The highest BCUT2D eigenvalue weighted by Gasteiger charge is 2.15. The number of ether oxygens (including phenoxy) is 1. The van der Waals surface area contributed by atoms with Crippen molar-refractivity contribution < 1.29 is 13.2 Å². The molecule has 1 aromatic heterocycles. The topological polar surface area (TPSA) is 93.5 Å². The summed E-state index contributed by atoms with van der Waals surface area (Å²) < 4.78 is 32.1. The fraction of sp³-hybridized carbons (Fsp3) is 0.0556. The number of nitrogens with one attached hydrogen (secondary N) is 1. The summed E-state index contributed by atoms with van der Waals surface area (Å²) in [6.45, 7) is 0. The zero-order valence-electron chi connectivity index (χ0n) is 14.5. The van der Waals surface area contributed by atoms with Gasteiger partial charge >= 0.3 is 0 Å². The molecule has 0 spiro atoms. The molecule has 0 aliphatic heterocycles. The molecule has 10 heteroatoms. The third kappa shape index (κ3) is 4.98. The Labute approximate surface area is 172 Å². The molecule has 0 unspecified atom stereocenters. The predicted octanol–water partition coefficient (Wildman–Crippen LogP) is 4.34. The Kier molecular flexibility index (Phi) is 6.13. The summed E-state index contributed by atoms with van der Waals surface area (Å²) in [5.41, 5.74) is 1.26. The highest BCUT2D eigenvalue weighted by molar-refractivity contribution is 7.92. The van der Waals surface area contributed by atoms with Crippen LogP contribution in [0.25, 0.3) is 0 Å². The van der Waals surface area contributed by atoms with E-state index in [0.717, 1.165) is 0 Å². The van der Waals surface area contributed by atoms with Crippen LogP contribution in [0.5, 0.6) is 5.88 Å². The highest BCUT2D eigenvalue weighted by atomic mass is 35.5. The van der Waals surface area contributed by atoms with Crippen molar-refractivity contribution in [2.45, 2.75) is 4.90 Å². The Morgan fingerprint density at radius 2 is 1.79 bits per heavy atom. The molecular weight excluding hydrogens is 423 g/mol. The van der Waals surface area contributed by atoms with Crippen LogP contribution in [-0.2, 0) is 10.0 Å². The third-order valence-corrected chi connectivity index (χ3v) is 5.48. The number of rotatable bonds is 6. The number of nitrogens with zero attached hydrogens (tertiary/aromatic N) is 3. The molecule has 1 heterocycles. The van der Waals surface area contributed by atoms with Gasteiger partial charge in [0, 0.05) is 22.9 Å². The first-order chi connectivity index (χ1) is 13.4. The van der Waals surface area contributed by atoms with Gasteiger partial charge in [-0.3, -0.25) is 9.71 Å². The number of anilines is 1. The number of methoxy groups -OCH3 is 1.